The Labute approximate surface area is 144 Å². The summed E-state index contributed by atoms with van der Waals surface area (Å²) in [4.78, 5) is 21.6. The predicted molar refractivity (Wildman–Crippen MR) is 86.9 cm³/mol. The van der Waals surface area contributed by atoms with Crippen molar-refractivity contribution in [2.45, 2.75) is 4.90 Å². The number of amides is 1. The van der Waals surface area contributed by atoms with E-state index in [1.165, 1.54) is 30.3 Å². The van der Waals surface area contributed by atoms with Gasteiger partial charge in [-0.25, -0.2) is 13.1 Å². The Morgan fingerprint density at radius 1 is 1.22 bits per heavy atom. The zero-order chi connectivity index (χ0) is 17.2. The number of para-hydroxylation sites is 1. The molecule has 0 aliphatic rings. The van der Waals surface area contributed by atoms with Gasteiger partial charge in [0.2, 0.25) is 0 Å². The zero-order valence-corrected chi connectivity index (χ0v) is 14.4. The molecule has 0 unspecified atom stereocenters. The molecule has 0 atom stereocenters. The summed E-state index contributed by atoms with van der Waals surface area (Å²) < 4.78 is 26.6. The Bertz CT molecular complexity index is 901. The van der Waals surface area contributed by atoms with Gasteiger partial charge in [-0.1, -0.05) is 23.7 Å². The second kappa shape index (κ2) is 6.65. The van der Waals surface area contributed by atoms with Crippen LogP contribution in [-0.4, -0.2) is 19.2 Å². The quantitative estimate of drug-likeness (QED) is 0.605. The highest BCUT2D eigenvalue weighted by Crippen LogP contribution is 2.25. The van der Waals surface area contributed by atoms with Gasteiger partial charge in [-0.15, -0.1) is 0 Å². The summed E-state index contributed by atoms with van der Waals surface area (Å²) in [6.07, 6.45) is 0. The van der Waals surface area contributed by atoms with Crippen LogP contribution in [0.1, 0.15) is 10.4 Å². The van der Waals surface area contributed by atoms with Gasteiger partial charge in [0.15, 0.2) is 4.90 Å². The molecule has 7 nitrogen and oxygen atoms in total. The van der Waals surface area contributed by atoms with Crippen LogP contribution < -0.4 is 4.72 Å². The lowest BCUT2D eigenvalue weighted by Gasteiger charge is -2.09. The monoisotopic (exact) mass is 418 g/mol. The van der Waals surface area contributed by atoms with Gasteiger partial charge >= 0.3 is 0 Å². The highest BCUT2D eigenvalue weighted by atomic mass is 79.9. The lowest BCUT2D eigenvalue weighted by atomic mass is 10.2. The molecule has 0 aliphatic heterocycles. The number of carbonyl (C=O) groups excluding carboxylic acids is 1. The number of benzene rings is 2. The molecule has 0 heterocycles. The first-order valence-electron chi connectivity index (χ1n) is 5.98. The Kier molecular flexibility index (Phi) is 5.03. The number of sulfonamides is 1. The maximum atomic E-state index is 12.3. The van der Waals surface area contributed by atoms with E-state index in [9.17, 15) is 23.3 Å². The maximum Gasteiger partial charge on any atom is 0.289 e. The number of carbonyl (C=O) groups is 1. The summed E-state index contributed by atoms with van der Waals surface area (Å²) in [5, 5.41) is 11.2. The number of nitrogens with one attached hydrogen (secondary N) is 1. The SMILES string of the molecule is O=C(NS(=O)(=O)c1ccccc1[N+](=O)[O-])c1cc(Cl)ccc1Br. The summed E-state index contributed by atoms with van der Waals surface area (Å²) in [5.74, 6) is -0.961. The molecule has 2 aromatic rings. The third-order valence-corrected chi connectivity index (χ3v) is 5.06. The minimum atomic E-state index is -4.42. The van der Waals surface area contributed by atoms with Gasteiger partial charge in [0, 0.05) is 15.6 Å². The molecule has 0 bridgehead atoms. The molecular weight excluding hydrogens is 412 g/mol. The lowest BCUT2D eigenvalue weighted by molar-refractivity contribution is -0.387. The van der Waals surface area contributed by atoms with E-state index in [4.69, 9.17) is 11.6 Å². The van der Waals surface area contributed by atoms with Crippen molar-refractivity contribution in [3.63, 3.8) is 0 Å². The fourth-order valence-electron chi connectivity index (χ4n) is 1.74. The number of hydrogen-bond donors (Lipinski definition) is 1. The molecule has 120 valence electrons. The van der Waals surface area contributed by atoms with Crippen LogP contribution in [0.3, 0.4) is 0 Å². The van der Waals surface area contributed by atoms with Crippen molar-refractivity contribution < 1.29 is 18.1 Å². The van der Waals surface area contributed by atoms with Gasteiger partial charge in [-0.05, 0) is 40.2 Å². The standard InChI is InChI=1S/C13H8BrClN2O5S/c14-10-6-5-8(15)7-9(10)13(18)16-23(21,22)12-4-2-1-3-11(12)17(19)20/h1-7H,(H,16,18). The van der Waals surface area contributed by atoms with E-state index < -0.39 is 31.4 Å². The Morgan fingerprint density at radius 3 is 2.52 bits per heavy atom. The Hall–Kier alpha value is -1.97. The highest BCUT2D eigenvalue weighted by molar-refractivity contribution is 9.10. The number of nitro groups is 1. The van der Waals surface area contributed by atoms with E-state index >= 15 is 0 Å². The molecular formula is C13H8BrClN2O5S. The molecule has 0 spiro atoms. The normalized spacial score (nSPS) is 11.0. The highest BCUT2D eigenvalue weighted by Gasteiger charge is 2.27. The molecule has 2 aromatic carbocycles. The number of hydrogen-bond acceptors (Lipinski definition) is 5. The lowest BCUT2D eigenvalue weighted by Crippen LogP contribution is -2.31. The molecule has 0 saturated carbocycles. The first-order valence-corrected chi connectivity index (χ1v) is 8.63. The van der Waals surface area contributed by atoms with Crippen LogP contribution in [0.4, 0.5) is 5.69 Å². The van der Waals surface area contributed by atoms with Crippen LogP contribution in [0.2, 0.25) is 5.02 Å². The van der Waals surface area contributed by atoms with E-state index in [0.717, 1.165) is 12.1 Å². The summed E-state index contributed by atoms with van der Waals surface area (Å²) in [7, 11) is -4.42. The average molecular weight is 420 g/mol. The van der Waals surface area contributed by atoms with Crippen LogP contribution in [-0.2, 0) is 10.0 Å². The number of nitro benzene ring substituents is 1. The van der Waals surface area contributed by atoms with Gasteiger partial charge < -0.3 is 0 Å². The predicted octanol–water partition coefficient (Wildman–Crippen LogP) is 3.13. The summed E-state index contributed by atoms with van der Waals surface area (Å²) in [6, 6.07) is 8.99. The van der Waals surface area contributed by atoms with Crippen molar-refractivity contribution in [3.8, 4) is 0 Å². The molecule has 2 rings (SSSR count). The molecule has 0 aromatic heterocycles. The van der Waals surface area contributed by atoms with E-state index in [0.29, 0.717) is 4.47 Å². The van der Waals surface area contributed by atoms with Gasteiger partial charge in [0.25, 0.3) is 21.6 Å². The van der Waals surface area contributed by atoms with E-state index in [-0.39, 0.29) is 10.6 Å². The van der Waals surface area contributed by atoms with Gasteiger partial charge in [-0.3, -0.25) is 14.9 Å². The average Bonchev–Trinajstić information content (AvgIpc) is 2.49. The molecule has 10 heteroatoms. The fourth-order valence-corrected chi connectivity index (χ4v) is 3.48. The Morgan fingerprint density at radius 2 is 1.87 bits per heavy atom. The summed E-state index contributed by atoms with van der Waals surface area (Å²) in [6.45, 7) is 0. The van der Waals surface area contributed by atoms with Crippen molar-refractivity contribution in [2.24, 2.45) is 0 Å². The zero-order valence-electron chi connectivity index (χ0n) is 11.2. The second-order valence-corrected chi connectivity index (χ2v) is 7.23. The van der Waals surface area contributed by atoms with E-state index in [1.54, 1.807) is 4.72 Å². The third-order valence-electron chi connectivity index (χ3n) is 2.75. The van der Waals surface area contributed by atoms with Crippen molar-refractivity contribution in [1.82, 2.24) is 4.72 Å². The van der Waals surface area contributed by atoms with Gasteiger partial charge in [0.1, 0.15) is 0 Å². The van der Waals surface area contributed by atoms with Crippen LogP contribution >= 0.6 is 27.5 Å². The molecule has 1 N–H and O–H groups in total. The summed E-state index contributed by atoms with van der Waals surface area (Å²) in [5.41, 5.74) is -0.641. The number of rotatable bonds is 4. The smallest absolute Gasteiger partial charge is 0.268 e. The fraction of sp³-hybridized carbons (Fsp3) is 0. The maximum absolute atomic E-state index is 12.3. The number of halogens is 2. The van der Waals surface area contributed by atoms with Gasteiger partial charge in [-0.2, -0.15) is 0 Å². The molecule has 23 heavy (non-hydrogen) atoms. The first kappa shape index (κ1) is 17.4. The van der Waals surface area contributed by atoms with Gasteiger partial charge in [0.05, 0.1) is 10.5 Å². The van der Waals surface area contributed by atoms with Crippen molar-refractivity contribution >= 4 is 49.1 Å². The molecule has 0 fully saturated rings. The van der Waals surface area contributed by atoms with Crippen LogP contribution in [0.5, 0.6) is 0 Å². The van der Waals surface area contributed by atoms with Crippen molar-refractivity contribution in [3.05, 3.63) is 67.6 Å². The largest absolute Gasteiger partial charge is 0.289 e. The van der Waals surface area contributed by atoms with E-state index in [2.05, 4.69) is 15.9 Å². The molecule has 0 radical (unpaired) electrons. The minimum Gasteiger partial charge on any atom is -0.268 e. The Balaban J connectivity index is 2.41. The minimum absolute atomic E-state index is 0.0142. The first-order chi connectivity index (χ1) is 10.7. The van der Waals surface area contributed by atoms with Crippen molar-refractivity contribution in [2.75, 3.05) is 0 Å². The van der Waals surface area contributed by atoms with Crippen LogP contribution in [0.15, 0.2) is 51.8 Å². The van der Waals surface area contributed by atoms with E-state index in [1.807, 2.05) is 0 Å². The molecule has 0 saturated heterocycles. The number of nitrogens with zero attached hydrogens (tertiary/aromatic N) is 1. The van der Waals surface area contributed by atoms with Crippen molar-refractivity contribution in [1.29, 1.82) is 0 Å². The topological polar surface area (TPSA) is 106 Å². The molecule has 0 aliphatic carbocycles. The third kappa shape index (κ3) is 3.87. The summed E-state index contributed by atoms with van der Waals surface area (Å²) >= 11 is 8.89. The second-order valence-electron chi connectivity index (χ2n) is 4.28. The molecule has 1 amide bonds. The van der Waals surface area contributed by atoms with Crippen LogP contribution in [0, 0.1) is 10.1 Å². The van der Waals surface area contributed by atoms with Crippen LogP contribution in [0.25, 0.3) is 0 Å².